The maximum absolute atomic E-state index is 13.3. The van der Waals surface area contributed by atoms with Crippen LogP contribution >= 0.6 is 0 Å². The van der Waals surface area contributed by atoms with Crippen LogP contribution in [0.15, 0.2) is 66.7 Å². The Balaban J connectivity index is 1.57. The number of anilines is 2. The molecule has 1 aliphatic rings. The Labute approximate surface area is 187 Å². The molecule has 3 aromatic rings. The van der Waals surface area contributed by atoms with Crippen molar-refractivity contribution in [3.8, 4) is 0 Å². The van der Waals surface area contributed by atoms with E-state index in [9.17, 15) is 14.0 Å². The minimum Gasteiger partial charge on any atom is -0.320 e. The Morgan fingerprint density at radius 1 is 0.969 bits per heavy atom. The summed E-state index contributed by atoms with van der Waals surface area (Å²) in [5.74, 6) is -0.747. The highest BCUT2D eigenvalue weighted by molar-refractivity contribution is 6.07. The molecule has 3 aromatic carbocycles. The number of hydrogen-bond acceptors (Lipinski definition) is 2. The third-order valence-corrected chi connectivity index (χ3v) is 5.56. The van der Waals surface area contributed by atoms with E-state index in [1.54, 1.807) is 4.90 Å². The summed E-state index contributed by atoms with van der Waals surface area (Å²) in [6.45, 7) is 5.77. The molecule has 1 saturated heterocycles. The first kappa shape index (κ1) is 21.6. The zero-order valence-corrected chi connectivity index (χ0v) is 18.3. The third kappa shape index (κ3) is 4.80. The summed E-state index contributed by atoms with van der Waals surface area (Å²) in [6.07, 6.45) is 0.830. The van der Waals surface area contributed by atoms with Crippen LogP contribution in [0, 0.1) is 19.7 Å². The average Bonchev–Trinajstić information content (AvgIpc) is 2.76. The van der Waals surface area contributed by atoms with Gasteiger partial charge in [0, 0.05) is 25.2 Å². The molecular formula is C26H26FN3O2. The predicted octanol–water partition coefficient (Wildman–Crippen LogP) is 5.53. The minimum absolute atomic E-state index is 0.0844. The summed E-state index contributed by atoms with van der Waals surface area (Å²) >= 11 is 0. The van der Waals surface area contributed by atoms with Crippen molar-refractivity contribution in [1.82, 2.24) is 4.90 Å². The highest BCUT2D eigenvalue weighted by atomic mass is 19.1. The number of nitrogens with one attached hydrogen (secondary N) is 1. The van der Waals surface area contributed by atoms with E-state index in [1.165, 1.54) is 24.3 Å². The quantitative estimate of drug-likeness (QED) is 0.578. The summed E-state index contributed by atoms with van der Waals surface area (Å²) in [7, 11) is 0. The van der Waals surface area contributed by atoms with E-state index < -0.39 is 5.82 Å². The second kappa shape index (κ2) is 9.22. The summed E-state index contributed by atoms with van der Waals surface area (Å²) < 4.78 is 13.2. The standard InChI is InChI=1S/C26H26FN3O2/c1-18-5-3-6-20(15-18)17-29-13-4-14-30(26(29)32)24-12-7-19(2)16-23(24)28-25(31)21-8-10-22(27)11-9-21/h3,5-12,15-16H,4,13-14,17H2,1-2H3,(H,28,31). The van der Waals surface area contributed by atoms with Gasteiger partial charge in [-0.05, 0) is 67.8 Å². The molecule has 0 bridgehead atoms. The number of benzene rings is 3. The van der Waals surface area contributed by atoms with Crippen molar-refractivity contribution >= 4 is 23.3 Å². The lowest BCUT2D eigenvalue weighted by molar-refractivity contribution is 0.102. The molecule has 0 atom stereocenters. The van der Waals surface area contributed by atoms with Crippen LogP contribution in [0.1, 0.15) is 33.5 Å². The van der Waals surface area contributed by atoms with Crippen molar-refractivity contribution in [3.63, 3.8) is 0 Å². The smallest absolute Gasteiger partial charge is 0.320 e. The van der Waals surface area contributed by atoms with Crippen molar-refractivity contribution < 1.29 is 14.0 Å². The monoisotopic (exact) mass is 431 g/mol. The Hall–Kier alpha value is -3.67. The van der Waals surface area contributed by atoms with E-state index >= 15 is 0 Å². The number of carbonyl (C=O) groups is 2. The van der Waals surface area contributed by atoms with Gasteiger partial charge in [-0.1, -0.05) is 35.9 Å². The third-order valence-electron chi connectivity index (χ3n) is 5.56. The lowest BCUT2D eigenvalue weighted by atomic mass is 10.1. The van der Waals surface area contributed by atoms with E-state index in [4.69, 9.17) is 0 Å². The van der Waals surface area contributed by atoms with Crippen LogP contribution in [0.4, 0.5) is 20.6 Å². The number of urea groups is 1. The van der Waals surface area contributed by atoms with Gasteiger partial charge in [0.15, 0.2) is 0 Å². The van der Waals surface area contributed by atoms with Crippen LogP contribution in [0.25, 0.3) is 0 Å². The molecule has 1 heterocycles. The van der Waals surface area contributed by atoms with Gasteiger partial charge in [-0.15, -0.1) is 0 Å². The zero-order valence-electron chi connectivity index (χ0n) is 18.3. The fourth-order valence-corrected chi connectivity index (χ4v) is 3.96. The second-order valence-corrected chi connectivity index (χ2v) is 8.18. The summed E-state index contributed by atoms with van der Waals surface area (Å²) in [6, 6.07) is 19.1. The predicted molar refractivity (Wildman–Crippen MR) is 124 cm³/mol. The van der Waals surface area contributed by atoms with Crippen molar-refractivity contribution in [2.45, 2.75) is 26.8 Å². The molecule has 4 rings (SSSR count). The molecule has 1 aliphatic heterocycles. The van der Waals surface area contributed by atoms with Gasteiger partial charge < -0.3 is 10.2 Å². The molecule has 1 N–H and O–H groups in total. The number of carbonyl (C=O) groups excluding carboxylic acids is 2. The Bertz CT molecular complexity index is 1140. The van der Waals surface area contributed by atoms with Gasteiger partial charge in [0.2, 0.25) is 0 Å². The van der Waals surface area contributed by atoms with Gasteiger partial charge in [0.05, 0.1) is 11.4 Å². The van der Waals surface area contributed by atoms with E-state index in [2.05, 4.69) is 11.4 Å². The largest absolute Gasteiger partial charge is 0.324 e. The number of hydrogen-bond donors (Lipinski definition) is 1. The van der Waals surface area contributed by atoms with Gasteiger partial charge in [-0.25, -0.2) is 9.18 Å². The maximum Gasteiger partial charge on any atom is 0.324 e. The van der Waals surface area contributed by atoms with E-state index in [0.717, 1.165) is 23.1 Å². The van der Waals surface area contributed by atoms with Gasteiger partial charge in [-0.2, -0.15) is 0 Å². The SMILES string of the molecule is Cc1cccc(CN2CCCN(c3ccc(C)cc3NC(=O)c3ccc(F)cc3)C2=O)c1. The number of amides is 3. The van der Waals surface area contributed by atoms with Crippen LogP contribution in [-0.2, 0) is 6.54 Å². The number of nitrogens with zero attached hydrogens (tertiary/aromatic N) is 2. The lowest BCUT2D eigenvalue weighted by Gasteiger charge is -2.36. The van der Waals surface area contributed by atoms with Crippen LogP contribution < -0.4 is 10.2 Å². The van der Waals surface area contributed by atoms with Gasteiger partial charge in [0.1, 0.15) is 5.82 Å². The summed E-state index contributed by atoms with van der Waals surface area (Å²) in [5.41, 5.74) is 4.78. The molecule has 3 amide bonds. The van der Waals surface area contributed by atoms with Crippen LogP contribution in [0.3, 0.4) is 0 Å². The molecule has 0 aliphatic carbocycles. The summed E-state index contributed by atoms with van der Waals surface area (Å²) in [4.78, 5) is 29.6. The fourth-order valence-electron chi connectivity index (χ4n) is 3.96. The molecule has 32 heavy (non-hydrogen) atoms. The highest BCUT2D eigenvalue weighted by Gasteiger charge is 2.28. The minimum atomic E-state index is -0.398. The lowest BCUT2D eigenvalue weighted by Crippen LogP contribution is -2.49. The molecule has 1 fully saturated rings. The van der Waals surface area contributed by atoms with Gasteiger partial charge >= 0.3 is 6.03 Å². The van der Waals surface area contributed by atoms with Crippen molar-refractivity contribution in [2.75, 3.05) is 23.3 Å². The highest BCUT2D eigenvalue weighted by Crippen LogP contribution is 2.31. The van der Waals surface area contributed by atoms with E-state index in [0.29, 0.717) is 36.6 Å². The molecular weight excluding hydrogens is 405 g/mol. The molecule has 0 saturated carbocycles. The number of rotatable bonds is 5. The Kier molecular flexibility index (Phi) is 6.21. The molecule has 5 nitrogen and oxygen atoms in total. The zero-order chi connectivity index (χ0) is 22.7. The summed E-state index contributed by atoms with van der Waals surface area (Å²) in [5, 5.41) is 2.90. The molecule has 0 radical (unpaired) electrons. The molecule has 0 spiro atoms. The Morgan fingerprint density at radius 3 is 2.47 bits per heavy atom. The molecule has 164 valence electrons. The Morgan fingerprint density at radius 2 is 1.72 bits per heavy atom. The van der Waals surface area contributed by atoms with E-state index in [1.807, 2.05) is 55.1 Å². The van der Waals surface area contributed by atoms with Crippen LogP contribution in [0.2, 0.25) is 0 Å². The van der Waals surface area contributed by atoms with Crippen molar-refractivity contribution in [3.05, 3.63) is 94.8 Å². The first-order valence-electron chi connectivity index (χ1n) is 10.7. The first-order chi connectivity index (χ1) is 15.4. The van der Waals surface area contributed by atoms with Crippen molar-refractivity contribution in [1.29, 1.82) is 0 Å². The van der Waals surface area contributed by atoms with Gasteiger partial charge in [0.25, 0.3) is 5.91 Å². The normalized spacial score (nSPS) is 13.9. The van der Waals surface area contributed by atoms with E-state index in [-0.39, 0.29) is 11.9 Å². The molecule has 0 aromatic heterocycles. The van der Waals surface area contributed by atoms with Crippen LogP contribution in [-0.4, -0.2) is 29.9 Å². The first-order valence-corrected chi connectivity index (χ1v) is 10.7. The topological polar surface area (TPSA) is 52.6 Å². The maximum atomic E-state index is 13.3. The molecule has 6 heteroatoms. The fraction of sp³-hybridized carbons (Fsp3) is 0.231. The average molecular weight is 432 g/mol. The van der Waals surface area contributed by atoms with Gasteiger partial charge in [-0.3, -0.25) is 9.69 Å². The van der Waals surface area contributed by atoms with Crippen LogP contribution in [0.5, 0.6) is 0 Å². The van der Waals surface area contributed by atoms with Crippen molar-refractivity contribution in [2.24, 2.45) is 0 Å². The number of aryl methyl sites for hydroxylation is 2. The molecule has 0 unspecified atom stereocenters. The second-order valence-electron chi connectivity index (χ2n) is 8.18. The number of halogens is 1.